The maximum absolute atomic E-state index is 6.27. The van der Waals surface area contributed by atoms with Crippen LogP contribution in [0.5, 0.6) is 0 Å². The van der Waals surface area contributed by atoms with Crippen LogP contribution in [0.15, 0.2) is 40.9 Å². The van der Waals surface area contributed by atoms with E-state index < -0.39 is 0 Å². The van der Waals surface area contributed by atoms with Crippen LogP contribution < -0.4 is 5.32 Å². The normalized spacial score (nSPS) is 13.9. The molecule has 2 aromatic rings. The first-order chi connectivity index (χ1) is 9.74. The van der Waals surface area contributed by atoms with Crippen molar-refractivity contribution in [3.05, 3.63) is 62.6 Å². The van der Waals surface area contributed by atoms with Crippen LogP contribution in [0.2, 0.25) is 5.02 Å². The number of nitrogens with one attached hydrogen (secondary N) is 1. The molecule has 1 aliphatic carbocycles. The van der Waals surface area contributed by atoms with Crippen LogP contribution in [0.4, 0.5) is 5.69 Å². The first kappa shape index (κ1) is 14.0. The fourth-order valence-electron chi connectivity index (χ4n) is 2.80. The van der Waals surface area contributed by atoms with E-state index in [9.17, 15) is 0 Å². The van der Waals surface area contributed by atoms with Gasteiger partial charge in [0.1, 0.15) is 0 Å². The van der Waals surface area contributed by atoms with Crippen molar-refractivity contribution in [1.82, 2.24) is 0 Å². The minimum atomic E-state index is 0.766. The van der Waals surface area contributed by atoms with Gasteiger partial charge in [0, 0.05) is 21.7 Å². The Morgan fingerprint density at radius 3 is 2.80 bits per heavy atom. The zero-order valence-electron chi connectivity index (χ0n) is 11.3. The van der Waals surface area contributed by atoms with E-state index in [0.717, 1.165) is 21.6 Å². The highest BCUT2D eigenvalue weighted by Gasteiger charge is 2.12. The molecular formula is C17H17BrClN. The molecule has 1 N–H and O–H groups in total. The summed E-state index contributed by atoms with van der Waals surface area (Å²) in [6, 6.07) is 12.6. The predicted molar refractivity (Wildman–Crippen MR) is 89.6 cm³/mol. The van der Waals surface area contributed by atoms with Crippen LogP contribution in [0.1, 0.15) is 29.5 Å². The Labute approximate surface area is 133 Å². The molecule has 0 atom stereocenters. The third kappa shape index (κ3) is 3.02. The number of aryl methyl sites for hydroxylation is 1. The molecule has 1 aliphatic rings. The third-order valence-electron chi connectivity index (χ3n) is 3.88. The van der Waals surface area contributed by atoms with Crippen molar-refractivity contribution in [1.29, 1.82) is 0 Å². The van der Waals surface area contributed by atoms with E-state index in [-0.39, 0.29) is 0 Å². The Kier molecular flexibility index (Phi) is 4.32. The van der Waals surface area contributed by atoms with E-state index in [0.29, 0.717) is 0 Å². The van der Waals surface area contributed by atoms with Crippen LogP contribution >= 0.6 is 27.5 Å². The highest BCUT2D eigenvalue weighted by atomic mass is 79.9. The van der Waals surface area contributed by atoms with Gasteiger partial charge < -0.3 is 5.32 Å². The zero-order valence-corrected chi connectivity index (χ0v) is 13.6. The van der Waals surface area contributed by atoms with E-state index >= 15 is 0 Å². The summed E-state index contributed by atoms with van der Waals surface area (Å²) < 4.78 is 1.02. The number of anilines is 1. The van der Waals surface area contributed by atoms with E-state index in [1.165, 1.54) is 42.5 Å². The number of rotatable bonds is 3. The molecule has 20 heavy (non-hydrogen) atoms. The van der Waals surface area contributed by atoms with Crippen molar-refractivity contribution >= 4 is 33.2 Å². The average molecular weight is 351 g/mol. The lowest BCUT2D eigenvalue weighted by Crippen LogP contribution is -2.08. The lowest BCUT2D eigenvalue weighted by molar-refractivity contribution is 0.686. The largest absolute Gasteiger partial charge is 0.381 e. The fourth-order valence-corrected chi connectivity index (χ4v) is 3.54. The van der Waals surface area contributed by atoms with Gasteiger partial charge in [-0.1, -0.05) is 45.7 Å². The van der Waals surface area contributed by atoms with Gasteiger partial charge in [-0.25, -0.2) is 0 Å². The van der Waals surface area contributed by atoms with E-state index in [1.54, 1.807) is 0 Å². The van der Waals surface area contributed by atoms with Crippen LogP contribution in [-0.2, 0) is 19.4 Å². The minimum Gasteiger partial charge on any atom is -0.381 e. The third-order valence-corrected chi connectivity index (χ3v) is 4.73. The number of hydrogen-bond donors (Lipinski definition) is 1. The van der Waals surface area contributed by atoms with E-state index in [2.05, 4.69) is 45.5 Å². The summed E-state index contributed by atoms with van der Waals surface area (Å²) in [7, 11) is 0. The van der Waals surface area contributed by atoms with E-state index in [4.69, 9.17) is 11.6 Å². The van der Waals surface area contributed by atoms with Gasteiger partial charge in [-0.3, -0.25) is 0 Å². The van der Waals surface area contributed by atoms with Gasteiger partial charge in [0.05, 0.1) is 0 Å². The lowest BCUT2D eigenvalue weighted by atomic mass is 9.90. The van der Waals surface area contributed by atoms with Gasteiger partial charge in [-0.2, -0.15) is 0 Å². The van der Waals surface area contributed by atoms with Crippen LogP contribution in [0.3, 0.4) is 0 Å². The molecule has 0 saturated heterocycles. The summed E-state index contributed by atoms with van der Waals surface area (Å²) in [6.45, 7) is 0.766. The minimum absolute atomic E-state index is 0.766. The Morgan fingerprint density at radius 2 is 1.95 bits per heavy atom. The topological polar surface area (TPSA) is 12.0 Å². The van der Waals surface area contributed by atoms with Gasteiger partial charge in [0.2, 0.25) is 0 Å². The van der Waals surface area contributed by atoms with Gasteiger partial charge in [-0.15, -0.1) is 0 Å². The average Bonchev–Trinajstić information content (AvgIpc) is 2.46. The molecule has 0 radical (unpaired) electrons. The standard InChI is InChI=1S/C17H17BrClN/c18-14-9-8-13(16(19)10-14)11-20-17-7-3-5-12-4-1-2-6-15(12)17/h3,5,7-10,20H,1-2,4,6,11H2. The van der Waals surface area contributed by atoms with Crippen molar-refractivity contribution in [2.24, 2.45) is 0 Å². The lowest BCUT2D eigenvalue weighted by Gasteiger charge is -2.20. The second-order valence-electron chi connectivity index (χ2n) is 5.24. The maximum Gasteiger partial charge on any atom is 0.0467 e. The Hall–Kier alpha value is -0.990. The number of fused-ring (bicyclic) bond motifs is 1. The molecule has 0 spiro atoms. The Bertz CT molecular complexity index is 624. The molecule has 0 aromatic heterocycles. The highest BCUT2D eigenvalue weighted by molar-refractivity contribution is 9.10. The second kappa shape index (κ2) is 6.19. The first-order valence-electron chi connectivity index (χ1n) is 7.02. The number of halogens is 2. The number of benzene rings is 2. The Balaban J connectivity index is 1.78. The molecule has 0 amide bonds. The van der Waals surface area contributed by atoms with Crippen molar-refractivity contribution in [2.75, 3.05) is 5.32 Å². The summed E-state index contributed by atoms with van der Waals surface area (Å²) in [5.41, 5.74) is 5.39. The molecule has 0 saturated carbocycles. The zero-order chi connectivity index (χ0) is 13.9. The molecule has 3 heteroatoms. The molecule has 0 heterocycles. The predicted octanol–water partition coefficient (Wildman–Crippen LogP) is 5.59. The van der Waals surface area contributed by atoms with Crippen molar-refractivity contribution in [3.63, 3.8) is 0 Å². The van der Waals surface area contributed by atoms with Crippen molar-refractivity contribution < 1.29 is 0 Å². The SMILES string of the molecule is Clc1cc(Br)ccc1CNc1cccc2c1CCCC2. The maximum atomic E-state index is 6.27. The summed E-state index contributed by atoms with van der Waals surface area (Å²) in [4.78, 5) is 0. The monoisotopic (exact) mass is 349 g/mol. The summed E-state index contributed by atoms with van der Waals surface area (Å²) in [5, 5.41) is 4.35. The Morgan fingerprint density at radius 1 is 1.10 bits per heavy atom. The first-order valence-corrected chi connectivity index (χ1v) is 8.20. The molecule has 0 fully saturated rings. The van der Waals surface area contributed by atoms with Gasteiger partial charge in [0.25, 0.3) is 0 Å². The molecule has 0 unspecified atom stereocenters. The van der Waals surface area contributed by atoms with Crippen LogP contribution in [-0.4, -0.2) is 0 Å². The molecular weight excluding hydrogens is 334 g/mol. The van der Waals surface area contributed by atoms with Gasteiger partial charge in [-0.05, 0) is 60.6 Å². The molecule has 3 rings (SSSR count). The summed E-state index contributed by atoms with van der Waals surface area (Å²) in [5.74, 6) is 0. The second-order valence-corrected chi connectivity index (χ2v) is 6.56. The quantitative estimate of drug-likeness (QED) is 0.760. The fraction of sp³-hybridized carbons (Fsp3) is 0.294. The van der Waals surface area contributed by atoms with Gasteiger partial charge in [0.15, 0.2) is 0 Å². The van der Waals surface area contributed by atoms with Crippen molar-refractivity contribution in [3.8, 4) is 0 Å². The van der Waals surface area contributed by atoms with Gasteiger partial charge >= 0.3 is 0 Å². The van der Waals surface area contributed by atoms with E-state index in [1.807, 2.05) is 12.1 Å². The summed E-state index contributed by atoms with van der Waals surface area (Å²) >= 11 is 9.71. The summed E-state index contributed by atoms with van der Waals surface area (Å²) in [6.07, 6.45) is 5.01. The van der Waals surface area contributed by atoms with Crippen LogP contribution in [0.25, 0.3) is 0 Å². The molecule has 104 valence electrons. The molecule has 2 aromatic carbocycles. The molecule has 0 bridgehead atoms. The highest BCUT2D eigenvalue weighted by Crippen LogP contribution is 2.29. The molecule has 0 aliphatic heterocycles. The van der Waals surface area contributed by atoms with Crippen LogP contribution in [0, 0.1) is 0 Å². The van der Waals surface area contributed by atoms with Crippen molar-refractivity contribution in [2.45, 2.75) is 32.2 Å². The smallest absolute Gasteiger partial charge is 0.0467 e. The number of hydrogen-bond acceptors (Lipinski definition) is 1. The molecule has 1 nitrogen and oxygen atoms in total.